The summed E-state index contributed by atoms with van der Waals surface area (Å²) in [5.41, 5.74) is 0.619. The predicted molar refractivity (Wildman–Crippen MR) is 91.8 cm³/mol. The number of para-hydroxylation sites is 1. The number of methoxy groups -OCH3 is 1. The fourth-order valence-corrected chi connectivity index (χ4v) is 2.76. The normalized spacial score (nSPS) is 18.2. The zero-order valence-corrected chi connectivity index (χ0v) is 14.5. The Labute approximate surface area is 139 Å². The molecule has 0 aromatic heterocycles. The van der Waals surface area contributed by atoms with Gasteiger partial charge in [-0.15, -0.1) is 12.4 Å². The summed E-state index contributed by atoms with van der Waals surface area (Å²) in [5, 5.41) is 6.50. The summed E-state index contributed by atoms with van der Waals surface area (Å²) < 4.78 is 5.38. The van der Waals surface area contributed by atoms with Gasteiger partial charge in [-0.2, -0.15) is 0 Å². The summed E-state index contributed by atoms with van der Waals surface area (Å²) in [6, 6.07) is 8.15. The summed E-state index contributed by atoms with van der Waals surface area (Å²) in [6.07, 6.45) is 2.85. The van der Waals surface area contributed by atoms with Gasteiger partial charge >= 0.3 is 0 Å². The first kappa shape index (κ1) is 18.8. The smallest absolute Gasteiger partial charge is 0.226 e. The van der Waals surface area contributed by atoms with Crippen LogP contribution in [-0.2, 0) is 11.2 Å². The second kappa shape index (κ2) is 8.39. The Hall–Kier alpha value is -1.26. The van der Waals surface area contributed by atoms with E-state index in [0.717, 1.165) is 37.2 Å². The highest BCUT2D eigenvalue weighted by Gasteiger charge is 2.30. The van der Waals surface area contributed by atoms with E-state index in [0.29, 0.717) is 6.42 Å². The lowest BCUT2D eigenvalue weighted by Crippen LogP contribution is -2.50. The minimum atomic E-state index is -0.452. The highest BCUT2D eigenvalue weighted by molar-refractivity contribution is 5.85. The quantitative estimate of drug-likeness (QED) is 0.874. The number of carbonyl (C=O) groups excluding carboxylic acids is 1. The van der Waals surface area contributed by atoms with Gasteiger partial charge in [0, 0.05) is 18.0 Å². The third kappa shape index (κ3) is 4.89. The lowest BCUT2D eigenvalue weighted by Gasteiger charge is -2.30. The van der Waals surface area contributed by atoms with Crippen LogP contribution in [0.2, 0.25) is 0 Å². The molecule has 0 saturated carbocycles. The Bertz CT molecular complexity index is 485. The number of carbonyl (C=O) groups is 1. The van der Waals surface area contributed by atoms with Gasteiger partial charge in [-0.3, -0.25) is 4.79 Å². The molecule has 4 nitrogen and oxygen atoms in total. The number of amides is 1. The minimum Gasteiger partial charge on any atom is -0.496 e. The molecule has 5 heteroatoms. The standard InChI is InChI=1S/C17H26N2O2.ClH/c1-17(2,11-13-7-4-5-9-15(13)21-3)16(20)19-14-8-6-10-18-12-14;/h4-5,7,9,14,18H,6,8,10-12H2,1-3H3,(H,19,20);1H. The van der Waals surface area contributed by atoms with Crippen molar-refractivity contribution in [2.45, 2.75) is 39.2 Å². The molecule has 1 aliphatic heterocycles. The molecule has 1 unspecified atom stereocenters. The molecular formula is C17H27ClN2O2. The predicted octanol–water partition coefficient (Wildman–Crippen LogP) is 2.55. The Morgan fingerprint density at radius 2 is 2.14 bits per heavy atom. The number of hydrogen-bond donors (Lipinski definition) is 2. The van der Waals surface area contributed by atoms with Crippen molar-refractivity contribution in [1.29, 1.82) is 0 Å². The van der Waals surface area contributed by atoms with Crippen molar-refractivity contribution >= 4 is 18.3 Å². The number of halogens is 1. The Balaban J connectivity index is 0.00000242. The summed E-state index contributed by atoms with van der Waals surface area (Å²) in [7, 11) is 1.67. The molecule has 0 bridgehead atoms. The van der Waals surface area contributed by atoms with E-state index in [2.05, 4.69) is 10.6 Å². The monoisotopic (exact) mass is 326 g/mol. The van der Waals surface area contributed by atoms with Crippen molar-refractivity contribution in [2.75, 3.05) is 20.2 Å². The molecule has 2 rings (SSSR count). The fraction of sp³-hybridized carbons (Fsp3) is 0.588. The molecular weight excluding hydrogens is 300 g/mol. The van der Waals surface area contributed by atoms with Crippen LogP contribution in [0.5, 0.6) is 5.75 Å². The van der Waals surface area contributed by atoms with Crippen molar-refractivity contribution in [1.82, 2.24) is 10.6 Å². The van der Waals surface area contributed by atoms with E-state index in [9.17, 15) is 4.79 Å². The van der Waals surface area contributed by atoms with E-state index >= 15 is 0 Å². The number of piperidine rings is 1. The summed E-state index contributed by atoms with van der Waals surface area (Å²) in [5.74, 6) is 0.958. The Morgan fingerprint density at radius 3 is 2.77 bits per heavy atom. The Kier molecular flexibility index (Phi) is 7.17. The van der Waals surface area contributed by atoms with Crippen LogP contribution in [0.4, 0.5) is 0 Å². The first-order valence-corrected chi connectivity index (χ1v) is 7.66. The van der Waals surface area contributed by atoms with Crippen LogP contribution in [0, 0.1) is 5.41 Å². The van der Waals surface area contributed by atoms with E-state index in [1.54, 1.807) is 7.11 Å². The molecule has 1 saturated heterocycles. The highest BCUT2D eigenvalue weighted by atomic mass is 35.5. The number of rotatable bonds is 5. The zero-order chi connectivity index (χ0) is 15.3. The molecule has 1 aromatic rings. The average Bonchev–Trinajstić information content (AvgIpc) is 2.48. The first-order chi connectivity index (χ1) is 10.0. The van der Waals surface area contributed by atoms with Gasteiger partial charge in [-0.1, -0.05) is 32.0 Å². The third-order valence-electron chi connectivity index (χ3n) is 4.07. The molecule has 1 heterocycles. The van der Waals surface area contributed by atoms with Crippen molar-refractivity contribution in [3.05, 3.63) is 29.8 Å². The van der Waals surface area contributed by atoms with Gasteiger partial charge in [-0.05, 0) is 37.4 Å². The second-order valence-corrected chi connectivity index (χ2v) is 6.39. The molecule has 22 heavy (non-hydrogen) atoms. The molecule has 1 amide bonds. The second-order valence-electron chi connectivity index (χ2n) is 6.39. The van der Waals surface area contributed by atoms with Gasteiger partial charge in [0.1, 0.15) is 5.75 Å². The summed E-state index contributed by atoms with van der Waals surface area (Å²) in [4.78, 5) is 12.6. The summed E-state index contributed by atoms with van der Waals surface area (Å²) in [6.45, 7) is 5.91. The molecule has 1 aliphatic rings. The third-order valence-corrected chi connectivity index (χ3v) is 4.07. The van der Waals surface area contributed by atoms with Crippen LogP contribution >= 0.6 is 12.4 Å². The first-order valence-electron chi connectivity index (χ1n) is 7.66. The largest absolute Gasteiger partial charge is 0.496 e. The Morgan fingerprint density at radius 1 is 1.41 bits per heavy atom. The lowest BCUT2D eigenvalue weighted by atomic mass is 9.84. The van der Waals surface area contributed by atoms with Crippen LogP contribution in [-0.4, -0.2) is 32.1 Å². The van der Waals surface area contributed by atoms with Gasteiger partial charge < -0.3 is 15.4 Å². The lowest BCUT2D eigenvalue weighted by molar-refractivity contribution is -0.130. The SMILES string of the molecule is COc1ccccc1CC(C)(C)C(=O)NC1CCCNC1.Cl. The van der Waals surface area contributed by atoms with Crippen molar-refractivity contribution < 1.29 is 9.53 Å². The number of hydrogen-bond acceptors (Lipinski definition) is 3. The van der Waals surface area contributed by atoms with E-state index in [1.807, 2.05) is 38.1 Å². The van der Waals surface area contributed by atoms with E-state index < -0.39 is 5.41 Å². The molecule has 1 fully saturated rings. The van der Waals surface area contributed by atoms with E-state index in [-0.39, 0.29) is 24.4 Å². The van der Waals surface area contributed by atoms with Gasteiger partial charge in [0.25, 0.3) is 0 Å². The van der Waals surface area contributed by atoms with E-state index in [1.165, 1.54) is 0 Å². The molecule has 124 valence electrons. The highest BCUT2D eigenvalue weighted by Crippen LogP contribution is 2.28. The van der Waals surface area contributed by atoms with Crippen molar-refractivity contribution in [3.8, 4) is 5.75 Å². The van der Waals surface area contributed by atoms with Crippen molar-refractivity contribution in [2.24, 2.45) is 5.41 Å². The van der Waals surface area contributed by atoms with E-state index in [4.69, 9.17) is 4.74 Å². The zero-order valence-electron chi connectivity index (χ0n) is 13.6. The van der Waals surface area contributed by atoms with Gasteiger partial charge in [-0.25, -0.2) is 0 Å². The van der Waals surface area contributed by atoms with Crippen LogP contribution in [0.3, 0.4) is 0 Å². The van der Waals surface area contributed by atoms with Crippen LogP contribution in [0.25, 0.3) is 0 Å². The molecule has 0 aliphatic carbocycles. The molecule has 2 N–H and O–H groups in total. The van der Waals surface area contributed by atoms with Crippen LogP contribution in [0.15, 0.2) is 24.3 Å². The fourth-order valence-electron chi connectivity index (χ4n) is 2.76. The molecule has 1 atom stereocenters. The van der Waals surface area contributed by atoms with Crippen molar-refractivity contribution in [3.63, 3.8) is 0 Å². The van der Waals surface area contributed by atoms with Crippen LogP contribution < -0.4 is 15.4 Å². The van der Waals surface area contributed by atoms with Gasteiger partial charge in [0.15, 0.2) is 0 Å². The molecule has 1 aromatic carbocycles. The summed E-state index contributed by atoms with van der Waals surface area (Å²) >= 11 is 0. The molecule has 0 radical (unpaired) electrons. The maximum Gasteiger partial charge on any atom is 0.226 e. The number of benzene rings is 1. The number of nitrogens with one attached hydrogen (secondary N) is 2. The number of ether oxygens (including phenoxy) is 1. The molecule has 0 spiro atoms. The maximum absolute atomic E-state index is 12.6. The topological polar surface area (TPSA) is 50.4 Å². The minimum absolute atomic E-state index is 0. The van der Waals surface area contributed by atoms with Crippen LogP contribution in [0.1, 0.15) is 32.3 Å². The maximum atomic E-state index is 12.6. The van der Waals surface area contributed by atoms with Gasteiger partial charge in [0.05, 0.1) is 7.11 Å². The van der Waals surface area contributed by atoms with Gasteiger partial charge in [0.2, 0.25) is 5.91 Å². The average molecular weight is 327 g/mol.